The number of benzene rings is 3. The highest BCUT2D eigenvalue weighted by molar-refractivity contribution is 7.13. The number of nitrogens with one attached hydrogen (secondary N) is 4. The quantitative estimate of drug-likeness (QED) is 0.0311. The molecule has 4 amide bonds. The molecule has 1 fully saturated rings. The van der Waals surface area contributed by atoms with Crippen LogP contribution in [-0.4, -0.2) is 118 Å². The van der Waals surface area contributed by atoms with Gasteiger partial charge >= 0.3 is 0 Å². The monoisotopic (exact) mass is 1010 g/mol. The number of aliphatic hydroxyl groups excluding tert-OH is 1. The number of β-amino-alcohol motifs (C(OH)–C–C–N with tert-alkyl or cyclic N) is 1. The first-order chi connectivity index (χ1) is 33.9. The number of halogens is 2. The van der Waals surface area contributed by atoms with Gasteiger partial charge in [-0.2, -0.15) is 0 Å². The normalized spacial score (nSPS) is 15.8. The van der Waals surface area contributed by atoms with Crippen LogP contribution < -0.4 is 26.0 Å². The van der Waals surface area contributed by atoms with Crippen molar-refractivity contribution in [2.24, 2.45) is 5.41 Å². The van der Waals surface area contributed by atoms with Crippen molar-refractivity contribution in [3.05, 3.63) is 101 Å². The number of aliphatic hydroxyl groups is 1. The van der Waals surface area contributed by atoms with Crippen LogP contribution in [0.1, 0.15) is 77.5 Å². The molecule has 16 nitrogen and oxygen atoms in total. The van der Waals surface area contributed by atoms with E-state index in [9.17, 15) is 28.7 Å². The minimum atomic E-state index is -0.942. The summed E-state index contributed by atoms with van der Waals surface area (Å²) in [5.74, 6) is -1.17. The number of unbranched alkanes of at least 4 members (excludes halogenated alkanes) is 1. The highest BCUT2D eigenvalue weighted by atomic mass is 35.5. The van der Waals surface area contributed by atoms with E-state index in [0.29, 0.717) is 79.3 Å². The van der Waals surface area contributed by atoms with Gasteiger partial charge in [0.1, 0.15) is 35.8 Å². The molecule has 1 saturated heterocycles. The Morgan fingerprint density at radius 2 is 1.80 bits per heavy atom. The molecule has 1 unspecified atom stereocenters. The number of hydrogen-bond donors (Lipinski definition) is 5. The Bertz CT molecular complexity index is 2660. The Balaban J connectivity index is 0.988. The van der Waals surface area contributed by atoms with Crippen LogP contribution >= 0.6 is 22.9 Å². The van der Waals surface area contributed by atoms with Crippen LogP contribution in [0.3, 0.4) is 0 Å². The number of carbonyl (C=O) groups excluding carboxylic acids is 4. The van der Waals surface area contributed by atoms with Crippen molar-refractivity contribution in [1.29, 1.82) is 0 Å². The van der Waals surface area contributed by atoms with E-state index in [1.54, 1.807) is 29.5 Å². The molecule has 19 heteroatoms. The van der Waals surface area contributed by atoms with Crippen molar-refractivity contribution < 1.29 is 38.1 Å². The van der Waals surface area contributed by atoms with Gasteiger partial charge in [0.05, 0.1) is 51.1 Å². The summed E-state index contributed by atoms with van der Waals surface area (Å²) in [6, 6.07) is 13.7. The predicted molar refractivity (Wildman–Crippen MR) is 276 cm³/mol. The molecule has 6 rings (SSSR count). The van der Waals surface area contributed by atoms with Crippen molar-refractivity contribution in [1.82, 2.24) is 35.4 Å². The molecule has 5 N–H and O–H groups in total. The number of aromatic nitrogens is 3. The average Bonchev–Trinajstić information content (AvgIpc) is 3.95. The summed E-state index contributed by atoms with van der Waals surface area (Å²) in [6.45, 7) is 11.0. The maximum atomic E-state index is 14.2. The second-order valence-corrected chi connectivity index (χ2v) is 20.2. The largest absolute Gasteiger partial charge is 0.491 e. The number of thiazole rings is 1. The van der Waals surface area contributed by atoms with E-state index in [4.69, 9.17) is 21.1 Å². The van der Waals surface area contributed by atoms with Crippen molar-refractivity contribution in [2.45, 2.75) is 104 Å². The Morgan fingerprint density at radius 3 is 2.49 bits per heavy atom. The minimum absolute atomic E-state index is 0.0161. The first kappa shape index (κ1) is 54.3. The number of anilines is 3. The van der Waals surface area contributed by atoms with E-state index in [0.717, 1.165) is 21.7 Å². The zero-order chi connectivity index (χ0) is 51.2. The lowest BCUT2D eigenvalue weighted by Crippen LogP contribution is -2.57. The van der Waals surface area contributed by atoms with Crippen LogP contribution in [0.2, 0.25) is 5.02 Å². The van der Waals surface area contributed by atoms with Gasteiger partial charge in [-0.1, -0.05) is 69.6 Å². The third-order valence-corrected chi connectivity index (χ3v) is 13.2. The number of likely N-dealkylation sites (N-methyl/N-ethyl adjacent to an activating group) is 1. The van der Waals surface area contributed by atoms with E-state index in [1.807, 2.05) is 83.4 Å². The van der Waals surface area contributed by atoms with Crippen LogP contribution in [0.25, 0.3) is 21.3 Å². The topological polar surface area (TPSA) is 200 Å². The van der Waals surface area contributed by atoms with Gasteiger partial charge in [-0.25, -0.2) is 19.3 Å². The molecule has 3 aromatic carbocycles. The zero-order valence-electron chi connectivity index (χ0n) is 41.4. The molecule has 0 bridgehead atoms. The fourth-order valence-corrected chi connectivity index (χ4v) is 9.00. The molecule has 1 aliphatic rings. The minimum Gasteiger partial charge on any atom is -0.491 e. The molecule has 3 heterocycles. The molecular formula is C52H65ClFN9O7S. The second kappa shape index (κ2) is 25.4. The fraction of sp³-hybridized carbons (Fsp3) is 0.442. The molecular weight excluding hydrogens is 949 g/mol. The van der Waals surface area contributed by atoms with Gasteiger partial charge in [0.2, 0.25) is 23.6 Å². The highest BCUT2D eigenvalue weighted by Gasteiger charge is 2.44. The molecule has 0 saturated carbocycles. The van der Waals surface area contributed by atoms with Gasteiger partial charge in [-0.05, 0) is 87.5 Å². The van der Waals surface area contributed by atoms with Gasteiger partial charge in [0.25, 0.3) is 0 Å². The van der Waals surface area contributed by atoms with Gasteiger partial charge in [0, 0.05) is 62.3 Å². The number of rotatable bonds is 23. The maximum absolute atomic E-state index is 14.2. The van der Waals surface area contributed by atoms with Crippen molar-refractivity contribution >= 4 is 74.7 Å². The Hall–Kier alpha value is -6.05. The maximum Gasteiger partial charge on any atom is 0.248 e. The number of likely N-dealkylation sites (tertiary alicyclic amines) is 1. The number of fused-ring (bicyclic) bond motifs is 1. The molecule has 380 valence electrons. The summed E-state index contributed by atoms with van der Waals surface area (Å²) in [4.78, 5) is 71.7. The van der Waals surface area contributed by atoms with Crippen LogP contribution in [0.15, 0.2) is 78.6 Å². The Kier molecular flexibility index (Phi) is 19.4. The zero-order valence-corrected chi connectivity index (χ0v) is 43.0. The number of amides is 4. The average molecular weight is 1010 g/mol. The van der Waals surface area contributed by atoms with Gasteiger partial charge < -0.3 is 45.6 Å². The van der Waals surface area contributed by atoms with Crippen molar-refractivity contribution in [3.8, 4) is 16.2 Å². The molecule has 71 heavy (non-hydrogen) atoms. The summed E-state index contributed by atoms with van der Waals surface area (Å²) < 4.78 is 26.3. The standard InChI is InChI=1S/C52H65ClFN9O7S/c1-8-37(18-20-46(66)61-48(52(3,4)5)51(68)63-29-36(64)25-43(63)50(67)55-28-33-13-15-34(16-14-33)47-32(2)58-31-71-47)69-22-9-10-23-70-44-27-41-38(26-42(44)60-45(65)12-11-21-62(6)7)49(57-30-56-41)59-35-17-19-40(54)39(53)24-35/h11-17,19,24,26-27,30-31,36-37,43,48,64H,8-10,18,20-23,25,28-29H2,1-7H3,(H,55,67)(H,60,65)(H,61,66)(H,56,57,59)/b12-11+/t36-,37?,43+,48-/m1/s1. The van der Waals surface area contributed by atoms with Crippen molar-refractivity contribution in [3.63, 3.8) is 0 Å². The first-order valence-corrected chi connectivity index (χ1v) is 25.1. The van der Waals surface area contributed by atoms with Crippen molar-refractivity contribution in [2.75, 3.05) is 51.0 Å². The molecule has 4 atom stereocenters. The van der Waals surface area contributed by atoms with Gasteiger partial charge in [-0.3, -0.25) is 19.2 Å². The SMILES string of the molecule is CCC(CCC(=O)N[C@H](C(=O)N1C[C@H](O)C[C@H]1C(=O)NCc1ccc(-c2scnc2C)cc1)C(C)(C)C)OCCCCOc1cc2ncnc(Nc3ccc(F)c(Cl)c3)c2cc1NC(=O)/C=C/CN(C)C. The van der Waals surface area contributed by atoms with E-state index in [1.165, 1.54) is 35.5 Å². The molecule has 2 aromatic heterocycles. The van der Waals surface area contributed by atoms with Crippen LogP contribution in [0.4, 0.5) is 21.6 Å². The third-order valence-electron chi connectivity index (χ3n) is 11.9. The van der Waals surface area contributed by atoms with Gasteiger partial charge in [-0.15, -0.1) is 11.3 Å². The summed E-state index contributed by atoms with van der Waals surface area (Å²) >= 11 is 7.59. The van der Waals surface area contributed by atoms with E-state index >= 15 is 0 Å². The lowest BCUT2D eigenvalue weighted by atomic mass is 9.85. The number of carbonyl (C=O) groups is 4. The number of nitrogens with zero attached hydrogens (tertiary/aromatic N) is 5. The summed E-state index contributed by atoms with van der Waals surface area (Å²) in [5, 5.41) is 23.2. The number of hydrogen-bond acceptors (Lipinski definition) is 13. The first-order valence-electron chi connectivity index (χ1n) is 23.8. The number of ether oxygens (including phenoxy) is 2. The fourth-order valence-electron chi connectivity index (χ4n) is 8.00. The molecule has 1 aliphatic heterocycles. The number of aryl methyl sites for hydroxylation is 1. The summed E-state index contributed by atoms with van der Waals surface area (Å²) in [5.41, 5.74) is 5.47. The molecule has 0 spiro atoms. The van der Waals surface area contributed by atoms with Crippen LogP contribution in [0, 0.1) is 18.2 Å². The van der Waals surface area contributed by atoms with Crippen LogP contribution in [0.5, 0.6) is 5.75 Å². The molecule has 0 radical (unpaired) electrons. The molecule has 5 aromatic rings. The predicted octanol–water partition coefficient (Wildman–Crippen LogP) is 8.20. The molecule has 0 aliphatic carbocycles. The van der Waals surface area contributed by atoms with E-state index in [2.05, 4.69) is 36.2 Å². The summed E-state index contributed by atoms with van der Waals surface area (Å²) in [7, 11) is 3.80. The second-order valence-electron chi connectivity index (χ2n) is 18.9. The lowest BCUT2D eigenvalue weighted by molar-refractivity contribution is -0.144. The highest BCUT2D eigenvalue weighted by Crippen LogP contribution is 2.35. The third kappa shape index (κ3) is 15.5. The van der Waals surface area contributed by atoms with Gasteiger partial charge in [0.15, 0.2) is 0 Å². The lowest BCUT2D eigenvalue weighted by Gasteiger charge is -2.35. The smallest absolute Gasteiger partial charge is 0.248 e. The van der Waals surface area contributed by atoms with E-state index < -0.39 is 35.3 Å². The van der Waals surface area contributed by atoms with E-state index in [-0.39, 0.29) is 54.8 Å². The Morgan fingerprint density at radius 1 is 1.04 bits per heavy atom. The van der Waals surface area contributed by atoms with Crippen LogP contribution in [-0.2, 0) is 30.5 Å². The summed E-state index contributed by atoms with van der Waals surface area (Å²) in [6.07, 6.45) is 6.08. The Labute approximate surface area is 423 Å².